The highest BCUT2D eigenvalue weighted by molar-refractivity contribution is 6.38. The van der Waals surface area contributed by atoms with Crippen LogP contribution in [0.1, 0.15) is 34.1 Å². The second kappa shape index (κ2) is 6.86. The van der Waals surface area contributed by atoms with Crippen LogP contribution in [0.15, 0.2) is 10.1 Å². The molecular weight excluding hydrogens is 196 g/mol. The van der Waals surface area contributed by atoms with Crippen LogP contribution in [0, 0.1) is 0 Å². The third kappa shape index (κ3) is 5.72. The number of oxime groups is 1. The van der Waals surface area contributed by atoms with Crippen molar-refractivity contribution in [3.05, 3.63) is 0 Å². The Bertz CT molecular complexity index is 306. The minimum Gasteiger partial charge on any atom is -0.372 e. The maximum atomic E-state index is 11.1. The van der Waals surface area contributed by atoms with Gasteiger partial charge in [0.15, 0.2) is 11.6 Å². The van der Waals surface area contributed by atoms with Crippen molar-refractivity contribution in [1.82, 2.24) is 0 Å². The number of rotatable bonds is 6. The van der Waals surface area contributed by atoms with Gasteiger partial charge in [0.25, 0.3) is 0 Å². The van der Waals surface area contributed by atoms with Crippen molar-refractivity contribution in [1.29, 1.82) is 0 Å². The fourth-order valence-electron chi connectivity index (χ4n) is 0.660. The first-order valence-corrected chi connectivity index (χ1v) is 4.70. The van der Waals surface area contributed by atoms with Crippen LogP contribution in [0.3, 0.4) is 0 Å². The van der Waals surface area contributed by atoms with Crippen LogP contribution in [0.2, 0.25) is 0 Å². The summed E-state index contributed by atoms with van der Waals surface area (Å²) in [7, 11) is 0. The van der Waals surface area contributed by atoms with Gasteiger partial charge >= 0.3 is 0 Å². The molecule has 0 aromatic rings. The Kier molecular flexibility index (Phi) is 6.17. The van der Waals surface area contributed by atoms with E-state index >= 15 is 0 Å². The van der Waals surface area contributed by atoms with Gasteiger partial charge in [-0.25, -0.2) is 4.99 Å². The molecule has 84 valence electrons. The van der Waals surface area contributed by atoms with Crippen LogP contribution in [0.5, 0.6) is 0 Å². The zero-order valence-corrected chi connectivity index (χ0v) is 9.53. The summed E-state index contributed by atoms with van der Waals surface area (Å²) in [4.78, 5) is 30.4. The molecule has 0 aliphatic heterocycles. The molecule has 0 atom stereocenters. The molecule has 0 saturated carbocycles. The lowest BCUT2D eigenvalue weighted by atomic mass is 10.2. The summed E-state index contributed by atoms with van der Waals surface area (Å²) in [6.07, 6.45) is 0.422. The smallest absolute Gasteiger partial charge is 0.207 e. The topological polar surface area (TPSA) is 68.1 Å². The first-order chi connectivity index (χ1) is 6.99. The summed E-state index contributed by atoms with van der Waals surface area (Å²) in [6.45, 7) is 6.30. The van der Waals surface area contributed by atoms with Gasteiger partial charge in [0, 0.05) is 13.3 Å². The summed E-state index contributed by atoms with van der Waals surface area (Å²) in [5.74, 6) is -0.175. The number of hydrogen-bond acceptors (Lipinski definition) is 5. The fourth-order valence-corrected chi connectivity index (χ4v) is 0.660. The fraction of sp³-hybridized carbons (Fsp3) is 0.600. The van der Waals surface area contributed by atoms with Gasteiger partial charge in [-0.1, -0.05) is 12.1 Å². The first-order valence-electron chi connectivity index (χ1n) is 4.70. The Morgan fingerprint density at radius 2 is 1.73 bits per heavy atom. The highest BCUT2D eigenvalue weighted by Crippen LogP contribution is 1.89. The minimum atomic E-state index is -0.152. The van der Waals surface area contributed by atoms with E-state index in [-0.39, 0.29) is 24.0 Å². The molecule has 0 fully saturated rings. The molecule has 0 aliphatic rings. The molecule has 0 spiro atoms. The number of aliphatic imine (C=N–C) groups is 1. The first kappa shape index (κ1) is 13.5. The average Bonchev–Trinajstić information content (AvgIpc) is 2.22. The van der Waals surface area contributed by atoms with E-state index in [1.165, 1.54) is 6.92 Å². The Morgan fingerprint density at radius 3 is 2.20 bits per heavy atom. The van der Waals surface area contributed by atoms with Crippen molar-refractivity contribution >= 4 is 23.0 Å². The number of hydrogen-bond donors (Lipinski definition) is 0. The van der Waals surface area contributed by atoms with Gasteiger partial charge in [-0.2, -0.15) is 0 Å². The number of carbonyl (C=O) groups is 2. The van der Waals surface area contributed by atoms with E-state index in [2.05, 4.69) is 10.1 Å². The average molecular weight is 212 g/mol. The SMILES string of the molecule is CCC(=O)C(C)=NCO/N=C(/C)C(C)=O. The predicted octanol–water partition coefficient (Wildman–Crippen LogP) is 1.37. The molecule has 0 aromatic heterocycles. The van der Waals surface area contributed by atoms with E-state index < -0.39 is 0 Å². The highest BCUT2D eigenvalue weighted by Gasteiger charge is 2.01. The van der Waals surface area contributed by atoms with Gasteiger partial charge in [0.1, 0.15) is 5.71 Å². The van der Waals surface area contributed by atoms with Gasteiger partial charge in [-0.05, 0) is 13.8 Å². The minimum absolute atomic E-state index is 0.0223. The standard InChI is InChI=1S/C10H16N2O3/c1-5-10(14)8(3)11-6-15-12-7(2)9(4)13/h5-6H2,1-4H3/b11-8?,12-7-. The van der Waals surface area contributed by atoms with E-state index in [1.54, 1.807) is 20.8 Å². The van der Waals surface area contributed by atoms with Crippen LogP contribution >= 0.6 is 0 Å². The van der Waals surface area contributed by atoms with E-state index in [9.17, 15) is 9.59 Å². The molecule has 0 saturated heterocycles. The number of ketones is 2. The zero-order valence-electron chi connectivity index (χ0n) is 9.53. The Hall–Kier alpha value is -1.52. The van der Waals surface area contributed by atoms with E-state index in [0.717, 1.165) is 0 Å². The maximum absolute atomic E-state index is 11.1. The molecule has 0 heterocycles. The summed E-state index contributed by atoms with van der Waals surface area (Å²) >= 11 is 0. The second-order valence-electron chi connectivity index (χ2n) is 3.01. The largest absolute Gasteiger partial charge is 0.372 e. The van der Waals surface area contributed by atoms with Crippen molar-refractivity contribution in [2.45, 2.75) is 34.1 Å². The summed E-state index contributed by atoms with van der Waals surface area (Å²) in [5.41, 5.74) is 0.692. The van der Waals surface area contributed by atoms with Crippen molar-refractivity contribution < 1.29 is 14.4 Å². The third-order valence-electron chi connectivity index (χ3n) is 1.80. The summed E-state index contributed by atoms with van der Waals surface area (Å²) < 4.78 is 0. The number of Topliss-reactive ketones (excluding diaryl/α,β-unsaturated/α-hetero) is 2. The van der Waals surface area contributed by atoms with Gasteiger partial charge < -0.3 is 4.84 Å². The number of carbonyl (C=O) groups excluding carboxylic acids is 2. The molecule has 0 radical (unpaired) electrons. The Morgan fingerprint density at radius 1 is 1.13 bits per heavy atom. The second-order valence-corrected chi connectivity index (χ2v) is 3.01. The van der Waals surface area contributed by atoms with E-state index in [1.807, 2.05) is 0 Å². The number of nitrogens with zero attached hydrogens (tertiary/aromatic N) is 2. The monoisotopic (exact) mass is 212 g/mol. The molecule has 0 aromatic carbocycles. The van der Waals surface area contributed by atoms with Gasteiger partial charge in [-0.3, -0.25) is 9.59 Å². The molecule has 5 nitrogen and oxygen atoms in total. The highest BCUT2D eigenvalue weighted by atomic mass is 16.6. The molecule has 0 aliphatic carbocycles. The predicted molar refractivity (Wildman–Crippen MR) is 58.1 cm³/mol. The van der Waals surface area contributed by atoms with Crippen LogP contribution in [-0.2, 0) is 14.4 Å². The lowest BCUT2D eigenvalue weighted by Gasteiger charge is -1.98. The molecule has 0 N–H and O–H groups in total. The van der Waals surface area contributed by atoms with Crippen molar-refractivity contribution in [2.24, 2.45) is 10.1 Å². The molecule has 15 heavy (non-hydrogen) atoms. The van der Waals surface area contributed by atoms with Crippen LogP contribution in [0.25, 0.3) is 0 Å². The lowest BCUT2D eigenvalue weighted by molar-refractivity contribution is -0.113. The van der Waals surface area contributed by atoms with E-state index in [4.69, 9.17) is 4.84 Å². The Labute approximate surface area is 89.2 Å². The van der Waals surface area contributed by atoms with Crippen molar-refractivity contribution in [2.75, 3.05) is 6.73 Å². The normalized spacial score (nSPS) is 12.5. The van der Waals surface area contributed by atoms with Gasteiger partial charge in [-0.15, -0.1) is 0 Å². The summed E-state index contributed by atoms with van der Waals surface area (Å²) in [6, 6.07) is 0. The van der Waals surface area contributed by atoms with Crippen molar-refractivity contribution in [3.8, 4) is 0 Å². The van der Waals surface area contributed by atoms with E-state index in [0.29, 0.717) is 12.1 Å². The van der Waals surface area contributed by atoms with Crippen molar-refractivity contribution in [3.63, 3.8) is 0 Å². The molecule has 0 amide bonds. The molecule has 0 rings (SSSR count). The molecule has 5 heteroatoms. The quantitative estimate of drug-likeness (QED) is 0.379. The van der Waals surface area contributed by atoms with Crippen LogP contribution < -0.4 is 0 Å². The third-order valence-corrected chi connectivity index (χ3v) is 1.80. The molecule has 0 bridgehead atoms. The summed E-state index contributed by atoms with van der Waals surface area (Å²) in [5, 5.41) is 3.53. The Balaban J connectivity index is 4.04. The maximum Gasteiger partial charge on any atom is 0.207 e. The van der Waals surface area contributed by atoms with Crippen LogP contribution in [0.4, 0.5) is 0 Å². The van der Waals surface area contributed by atoms with Crippen LogP contribution in [-0.4, -0.2) is 29.7 Å². The van der Waals surface area contributed by atoms with Gasteiger partial charge in [0.05, 0.1) is 5.71 Å². The molecule has 0 unspecified atom stereocenters. The lowest BCUT2D eigenvalue weighted by Crippen LogP contribution is -2.09. The molecular formula is C10H16N2O3. The zero-order chi connectivity index (χ0) is 11.8. The van der Waals surface area contributed by atoms with Gasteiger partial charge in [0.2, 0.25) is 6.73 Å².